The van der Waals surface area contributed by atoms with Crippen LogP contribution >= 0.6 is 11.6 Å². The Morgan fingerprint density at radius 3 is 2.62 bits per heavy atom. The molecular weight excluding hydrogens is 318 g/mol. The average molecular weight is 334 g/mol. The normalized spacial score (nSPS) is 24.3. The quantitative estimate of drug-likeness (QED) is 0.809. The Hall–Kier alpha value is -1.15. The van der Waals surface area contributed by atoms with Gasteiger partial charge < -0.3 is 10.2 Å². The number of nitrogens with zero attached hydrogens (tertiary/aromatic N) is 1. The summed E-state index contributed by atoms with van der Waals surface area (Å²) in [7, 11) is -3.34. The van der Waals surface area contributed by atoms with Gasteiger partial charge in [-0.1, -0.05) is 23.7 Å². The topological polar surface area (TPSA) is 94.9 Å². The molecule has 1 fully saturated rings. The highest BCUT2D eigenvalue weighted by Crippen LogP contribution is 2.21. The minimum absolute atomic E-state index is 0.212. The first kappa shape index (κ1) is 16.2. The number of aliphatic hydroxyl groups excluding tert-OH is 1. The summed E-state index contributed by atoms with van der Waals surface area (Å²) in [4.78, 5) is 12.5. The standard InChI is InChI=1S/C13H16ClNO5S/c14-10-3-1-2-9(4-10)5-15(6-13(17)18)11-7-21(19,20)8-12(11)16/h1-4,11-12,16H,5-8H2,(H,17,18)/t11-,12+/m1/s1. The van der Waals surface area contributed by atoms with Crippen LogP contribution in [0.4, 0.5) is 0 Å². The average Bonchev–Trinajstić information content (AvgIpc) is 2.61. The predicted octanol–water partition coefficient (Wildman–Crippen LogP) is 0.385. The van der Waals surface area contributed by atoms with Crippen LogP contribution in [0.2, 0.25) is 5.02 Å². The molecule has 0 saturated carbocycles. The molecule has 0 aliphatic carbocycles. The van der Waals surface area contributed by atoms with Gasteiger partial charge in [0.05, 0.1) is 30.2 Å². The lowest BCUT2D eigenvalue weighted by Gasteiger charge is -2.28. The number of rotatable bonds is 5. The third-order valence-electron chi connectivity index (χ3n) is 3.38. The first-order chi connectivity index (χ1) is 9.77. The van der Waals surface area contributed by atoms with E-state index in [-0.39, 0.29) is 24.6 Å². The molecule has 0 spiro atoms. The van der Waals surface area contributed by atoms with Crippen LogP contribution in [0.15, 0.2) is 24.3 Å². The predicted molar refractivity (Wildman–Crippen MR) is 77.9 cm³/mol. The molecular formula is C13H16ClNO5S. The zero-order chi connectivity index (χ0) is 15.6. The van der Waals surface area contributed by atoms with Crippen molar-refractivity contribution in [1.29, 1.82) is 0 Å². The summed E-state index contributed by atoms with van der Waals surface area (Å²) in [5.41, 5.74) is 0.764. The third kappa shape index (κ3) is 4.41. The minimum atomic E-state index is -3.34. The Balaban J connectivity index is 2.20. The summed E-state index contributed by atoms with van der Waals surface area (Å²) in [6, 6.07) is 6.17. The van der Waals surface area contributed by atoms with Crippen molar-refractivity contribution in [2.24, 2.45) is 0 Å². The number of benzene rings is 1. The number of hydrogen-bond acceptors (Lipinski definition) is 5. The highest BCUT2D eigenvalue weighted by atomic mass is 35.5. The number of carboxylic acids is 1. The Bertz CT molecular complexity index is 633. The van der Waals surface area contributed by atoms with Crippen molar-refractivity contribution < 1.29 is 23.4 Å². The molecule has 6 nitrogen and oxygen atoms in total. The molecule has 0 unspecified atom stereocenters. The van der Waals surface area contributed by atoms with Gasteiger partial charge in [0.2, 0.25) is 0 Å². The van der Waals surface area contributed by atoms with E-state index in [1.807, 2.05) is 0 Å². The van der Waals surface area contributed by atoms with Crippen molar-refractivity contribution in [3.05, 3.63) is 34.9 Å². The largest absolute Gasteiger partial charge is 0.480 e. The second-order valence-electron chi connectivity index (χ2n) is 5.14. The summed E-state index contributed by atoms with van der Waals surface area (Å²) in [6.45, 7) is -0.131. The van der Waals surface area contributed by atoms with Crippen LogP contribution in [0.5, 0.6) is 0 Å². The SMILES string of the molecule is O=C(O)CN(Cc1cccc(Cl)c1)[C@@H]1CS(=O)(=O)C[C@@H]1O. The summed E-state index contributed by atoms with van der Waals surface area (Å²) < 4.78 is 23.2. The van der Waals surface area contributed by atoms with E-state index in [1.165, 1.54) is 4.90 Å². The first-order valence-corrected chi connectivity index (χ1v) is 8.55. The highest BCUT2D eigenvalue weighted by Gasteiger charge is 2.40. The van der Waals surface area contributed by atoms with Gasteiger partial charge in [0.1, 0.15) is 0 Å². The number of carboxylic acid groups (broad SMARTS) is 1. The van der Waals surface area contributed by atoms with Crippen molar-refractivity contribution in [2.45, 2.75) is 18.7 Å². The second-order valence-corrected chi connectivity index (χ2v) is 7.73. The molecule has 1 aromatic rings. The van der Waals surface area contributed by atoms with Gasteiger partial charge in [-0.15, -0.1) is 0 Å². The first-order valence-electron chi connectivity index (χ1n) is 6.35. The monoisotopic (exact) mass is 333 g/mol. The van der Waals surface area contributed by atoms with E-state index in [2.05, 4.69) is 0 Å². The van der Waals surface area contributed by atoms with E-state index >= 15 is 0 Å². The molecule has 0 aromatic heterocycles. The van der Waals surface area contributed by atoms with Crippen LogP contribution in [0.3, 0.4) is 0 Å². The molecule has 2 rings (SSSR count). The Kier molecular flexibility index (Phi) is 4.88. The van der Waals surface area contributed by atoms with Crippen molar-refractivity contribution in [3.63, 3.8) is 0 Å². The van der Waals surface area contributed by atoms with E-state index in [9.17, 15) is 18.3 Å². The molecule has 2 N–H and O–H groups in total. The lowest BCUT2D eigenvalue weighted by atomic mass is 10.1. The van der Waals surface area contributed by atoms with Crippen molar-refractivity contribution in [3.8, 4) is 0 Å². The van der Waals surface area contributed by atoms with Crippen LogP contribution in [-0.4, -0.2) is 59.7 Å². The van der Waals surface area contributed by atoms with Crippen molar-refractivity contribution in [2.75, 3.05) is 18.1 Å². The highest BCUT2D eigenvalue weighted by molar-refractivity contribution is 7.91. The molecule has 1 heterocycles. The third-order valence-corrected chi connectivity index (χ3v) is 5.31. The van der Waals surface area contributed by atoms with Gasteiger partial charge in [0.25, 0.3) is 0 Å². The van der Waals surface area contributed by atoms with E-state index in [0.717, 1.165) is 5.56 Å². The van der Waals surface area contributed by atoms with Crippen LogP contribution in [0.1, 0.15) is 5.56 Å². The van der Waals surface area contributed by atoms with Crippen molar-refractivity contribution in [1.82, 2.24) is 4.90 Å². The van der Waals surface area contributed by atoms with E-state index in [4.69, 9.17) is 16.7 Å². The van der Waals surface area contributed by atoms with E-state index in [0.29, 0.717) is 5.02 Å². The number of sulfone groups is 1. The molecule has 116 valence electrons. The van der Waals surface area contributed by atoms with Crippen molar-refractivity contribution >= 4 is 27.4 Å². The lowest BCUT2D eigenvalue weighted by Crippen LogP contribution is -2.45. The van der Waals surface area contributed by atoms with E-state index in [1.54, 1.807) is 24.3 Å². The molecule has 0 amide bonds. The molecule has 1 saturated heterocycles. The molecule has 21 heavy (non-hydrogen) atoms. The Morgan fingerprint density at radius 1 is 1.38 bits per heavy atom. The molecule has 1 aliphatic rings. The maximum absolute atomic E-state index is 11.6. The molecule has 8 heteroatoms. The summed E-state index contributed by atoms with van der Waals surface area (Å²) >= 11 is 5.89. The van der Waals surface area contributed by atoms with Gasteiger partial charge in [0.15, 0.2) is 9.84 Å². The van der Waals surface area contributed by atoms with E-state index < -0.39 is 28.0 Å². The fourth-order valence-corrected chi connectivity index (χ4v) is 4.54. The summed E-state index contributed by atoms with van der Waals surface area (Å²) in [5, 5.41) is 19.4. The number of aliphatic carboxylic acids is 1. The van der Waals surface area contributed by atoms with Gasteiger partial charge in [-0.2, -0.15) is 0 Å². The van der Waals surface area contributed by atoms with Crippen LogP contribution < -0.4 is 0 Å². The van der Waals surface area contributed by atoms with Gasteiger partial charge in [-0.05, 0) is 17.7 Å². The zero-order valence-corrected chi connectivity index (χ0v) is 12.7. The van der Waals surface area contributed by atoms with Gasteiger partial charge in [0, 0.05) is 11.6 Å². The number of hydrogen-bond donors (Lipinski definition) is 2. The van der Waals surface area contributed by atoms with Gasteiger partial charge in [-0.3, -0.25) is 9.69 Å². The molecule has 1 aromatic carbocycles. The Morgan fingerprint density at radius 2 is 2.10 bits per heavy atom. The minimum Gasteiger partial charge on any atom is -0.480 e. The second kappa shape index (κ2) is 6.31. The van der Waals surface area contributed by atoms with Crippen LogP contribution in [-0.2, 0) is 21.2 Å². The van der Waals surface area contributed by atoms with Crippen LogP contribution in [0, 0.1) is 0 Å². The molecule has 2 atom stereocenters. The number of aliphatic hydroxyl groups is 1. The maximum atomic E-state index is 11.6. The maximum Gasteiger partial charge on any atom is 0.317 e. The molecule has 1 aliphatic heterocycles. The van der Waals surface area contributed by atoms with Gasteiger partial charge in [-0.25, -0.2) is 8.42 Å². The zero-order valence-electron chi connectivity index (χ0n) is 11.1. The molecule has 0 bridgehead atoms. The summed E-state index contributed by atoms with van der Waals surface area (Å²) in [5.74, 6) is -1.64. The lowest BCUT2D eigenvalue weighted by molar-refractivity contribution is -0.139. The van der Waals surface area contributed by atoms with Gasteiger partial charge >= 0.3 is 5.97 Å². The fourth-order valence-electron chi connectivity index (χ4n) is 2.49. The number of carbonyl (C=O) groups is 1. The molecule has 0 radical (unpaired) electrons. The van der Waals surface area contributed by atoms with Crippen LogP contribution in [0.25, 0.3) is 0 Å². The number of halogens is 1. The smallest absolute Gasteiger partial charge is 0.317 e. The fraction of sp³-hybridized carbons (Fsp3) is 0.462. The summed E-state index contributed by atoms with van der Waals surface area (Å²) in [6.07, 6.45) is -1.08. The Labute approximate surface area is 127 Å².